The molecule has 10 nitrogen and oxygen atoms in total. The highest BCUT2D eigenvalue weighted by molar-refractivity contribution is 5.96. The molecule has 4 N–H and O–H groups in total. The number of hydrogen-bond acceptors (Lipinski definition) is 9. The van der Waals surface area contributed by atoms with E-state index in [-0.39, 0.29) is 18.0 Å². The van der Waals surface area contributed by atoms with Crippen LogP contribution in [-0.2, 0) is 0 Å². The van der Waals surface area contributed by atoms with Crippen LogP contribution in [0.1, 0.15) is 28.5 Å². The van der Waals surface area contributed by atoms with Crippen LogP contribution in [0.2, 0.25) is 0 Å². The third-order valence-corrected chi connectivity index (χ3v) is 5.33. The maximum atomic E-state index is 12.8. The number of anilines is 2. The Balaban J connectivity index is 1.16. The lowest BCUT2D eigenvalue weighted by molar-refractivity contribution is 0.0952. The minimum atomic E-state index is -0.274. The molecule has 180 valence electrons. The topological polar surface area (TPSA) is 125 Å². The second-order valence-corrected chi connectivity index (χ2v) is 7.86. The first-order valence-corrected chi connectivity index (χ1v) is 11.4. The van der Waals surface area contributed by atoms with Gasteiger partial charge in [-0.05, 0) is 66.2 Å². The van der Waals surface area contributed by atoms with Crippen LogP contribution in [-0.4, -0.2) is 33.2 Å². The molecule has 36 heavy (non-hydrogen) atoms. The van der Waals surface area contributed by atoms with E-state index in [1.54, 1.807) is 49.1 Å². The Morgan fingerprint density at radius 3 is 2.56 bits per heavy atom. The number of amides is 1. The number of hydrazine groups is 1. The maximum absolute atomic E-state index is 12.8. The van der Waals surface area contributed by atoms with Gasteiger partial charge in [0.25, 0.3) is 5.91 Å². The Morgan fingerprint density at radius 2 is 1.75 bits per heavy atom. The van der Waals surface area contributed by atoms with Gasteiger partial charge < -0.3 is 20.8 Å². The molecule has 4 heterocycles. The zero-order chi connectivity index (χ0) is 24.6. The number of amidine groups is 1. The van der Waals surface area contributed by atoms with E-state index in [0.29, 0.717) is 24.3 Å². The van der Waals surface area contributed by atoms with Crippen molar-refractivity contribution in [1.82, 2.24) is 31.1 Å². The second-order valence-electron chi connectivity index (χ2n) is 7.86. The van der Waals surface area contributed by atoms with Gasteiger partial charge in [-0.25, -0.2) is 20.4 Å². The van der Waals surface area contributed by atoms with E-state index in [4.69, 9.17) is 4.74 Å². The number of pyridine rings is 3. The van der Waals surface area contributed by atoms with Crippen molar-refractivity contribution in [2.75, 3.05) is 11.9 Å². The second kappa shape index (κ2) is 11.1. The summed E-state index contributed by atoms with van der Waals surface area (Å²) in [6, 6.07) is 20.2. The molecule has 0 radical (unpaired) electrons. The van der Waals surface area contributed by atoms with Gasteiger partial charge in [-0.2, -0.15) is 0 Å². The first-order valence-electron chi connectivity index (χ1n) is 11.4. The summed E-state index contributed by atoms with van der Waals surface area (Å²) in [6.07, 6.45) is 7.13. The van der Waals surface area contributed by atoms with E-state index in [2.05, 4.69) is 41.4 Å². The molecule has 0 saturated heterocycles. The van der Waals surface area contributed by atoms with E-state index in [1.807, 2.05) is 42.5 Å². The average molecular weight is 481 g/mol. The molecule has 1 aliphatic heterocycles. The summed E-state index contributed by atoms with van der Waals surface area (Å²) in [4.78, 5) is 30.0. The molecule has 0 bridgehead atoms. The molecular weight excluding hydrogens is 456 g/mol. The quantitative estimate of drug-likeness (QED) is 0.286. The number of carbonyl (C=O) groups is 1. The molecule has 1 atom stereocenters. The normalized spacial score (nSPS) is 14.4. The van der Waals surface area contributed by atoms with E-state index in [1.165, 1.54) is 0 Å². The SMILES string of the molecule is O=C(NCCC1=NC(c2ccncc2)NN1)c1cccnc1Oc1ccc(Nc2ccccn2)cc1. The third kappa shape index (κ3) is 5.80. The van der Waals surface area contributed by atoms with Crippen LogP contribution in [0.4, 0.5) is 11.5 Å². The Morgan fingerprint density at radius 1 is 0.917 bits per heavy atom. The number of carbonyl (C=O) groups excluding carboxylic acids is 1. The number of ether oxygens (including phenoxy) is 1. The van der Waals surface area contributed by atoms with Crippen molar-refractivity contribution in [3.8, 4) is 11.6 Å². The average Bonchev–Trinajstić information content (AvgIpc) is 3.40. The molecule has 0 spiro atoms. The van der Waals surface area contributed by atoms with Crippen molar-refractivity contribution >= 4 is 23.2 Å². The lowest BCUT2D eigenvalue weighted by Crippen LogP contribution is -2.34. The number of rotatable bonds is 9. The molecule has 1 amide bonds. The highest BCUT2D eigenvalue weighted by atomic mass is 16.5. The van der Waals surface area contributed by atoms with Crippen LogP contribution < -0.4 is 26.2 Å². The fourth-order valence-corrected chi connectivity index (χ4v) is 3.54. The molecule has 10 heteroatoms. The highest BCUT2D eigenvalue weighted by Gasteiger charge is 2.18. The van der Waals surface area contributed by atoms with Gasteiger partial charge >= 0.3 is 0 Å². The number of nitrogens with one attached hydrogen (secondary N) is 4. The van der Waals surface area contributed by atoms with Crippen molar-refractivity contribution < 1.29 is 9.53 Å². The lowest BCUT2D eigenvalue weighted by Gasteiger charge is -2.11. The zero-order valence-corrected chi connectivity index (χ0v) is 19.3. The Kier molecular flexibility index (Phi) is 7.05. The summed E-state index contributed by atoms with van der Waals surface area (Å²) < 4.78 is 5.91. The number of hydrogen-bond donors (Lipinski definition) is 4. The summed E-state index contributed by atoms with van der Waals surface area (Å²) in [5.41, 5.74) is 8.40. The largest absolute Gasteiger partial charge is 0.438 e. The minimum Gasteiger partial charge on any atom is -0.438 e. The van der Waals surface area contributed by atoms with E-state index in [0.717, 1.165) is 22.9 Å². The molecule has 3 aromatic heterocycles. The van der Waals surface area contributed by atoms with Crippen molar-refractivity contribution in [1.29, 1.82) is 0 Å². The maximum Gasteiger partial charge on any atom is 0.256 e. The van der Waals surface area contributed by atoms with Crippen LogP contribution in [0.5, 0.6) is 11.6 Å². The third-order valence-electron chi connectivity index (χ3n) is 5.33. The van der Waals surface area contributed by atoms with Gasteiger partial charge in [-0.15, -0.1) is 0 Å². The number of benzene rings is 1. The molecule has 4 aromatic rings. The molecule has 1 aliphatic rings. The standard InChI is InChI=1S/C26H24N8O2/c35-25(29-17-12-23-32-24(34-33-23)18-10-15-27-16-11-18)21-4-3-14-30-26(21)36-20-8-6-19(7-9-20)31-22-5-1-2-13-28-22/h1-11,13-16,24,34H,12,17H2,(H,28,31)(H,29,35)(H,32,33). The fraction of sp³-hybridized carbons (Fsp3) is 0.115. The van der Waals surface area contributed by atoms with Crippen molar-refractivity contribution in [3.05, 3.63) is 103 Å². The van der Waals surface area contributed by atoms with Gasteiger partial charge in [0.15, 0.2) is 0 Å². The first kappa shape index (κ1) is 22.9. The number of aliphatic imine (C=N–C) groups is 1. The van der Waals surface area contributed by atoms with Gasteiger partial charge in [0, 0.05) is 43.4 Å². The lowest BCUT2D eigenvalue weighted by atomic mass is 10.2. The van der Waals surface area contributed by atoms with Crippen molar-refractivity contribution in [3.63, 3.8) is 0 Å². The number of nitrogens with zero attached hydrogens (tertiary/aromatic N) is 4. The predicted molar refractivity (Wildman–Crippen MR) is 136 cm³/mol. The minimum absolute atomic E-state index is 0.178. The van der Waals surface area contributed by atoms with Gasteiger partial charge in [0.2, 0.25) is 5.88 Å². The summed E-state index contributed by atoms with van der Waals surface area (Å²) >= 11 is 0. The summed E-state index contributed by atoms with van der Waals surface area (Å²) in [5, 5.41) is 6.12. The zero-order valence-electron chi connectivity index (χ0n) is 19.3. The molecule has 0 aliphatic carbocycles. The van der Waals surface area contributed by atoms with Crippen LogP contribution in [0.3, 0.4) is 0 Å². The Hall–Kier alpha value is -4.83. The monoisotopic (exact) mass is 480 g/mol. The highest BCUT2D eigenvalue weighted by Crippen LogP contribution is 2.25. The number of aromatic nitrogens is 3. The molecule has 1 aromatic carbocycles. The predicted octanol–water partition coefficient (Wildman–Crippen LogP) is 3.73. The van der Waals surface area contributed by atoms with Gasteiger partial charge in [-0.1, -0.05) is 6.07 Å². The summed E-state index contributed by atoms with van der Waals surface area (Å²) in [6.45, 7) is 0.400. The Bertz CT molecular complexity index is 1330. The van der Waals surface area contributed by atoms with Crippen molar-refractivity contribution in [2.24, 2.45) is 4.99 Å². The van der Waals surface area contributed by atoms with E-state index < -0.39 is 0 Å². The van der Waals surface area contributed by atoms with E-state index >= 15 is 0 Å². The van der Waals surface area contributed by atoms with Gasteiger partial charge in [0.05, 0.1) is 0 Å². The van der Waals surface area contributed by atoms with Gasteiger partial charge in [0.1, 0.15) is 29.1 Å². The van der Waals surface area contributed by atoms with E-state index in [9.17, 15) is 4.79 Å². The van der Waals surface area contributed by atoms with Gasteiger partial charge in [-0.3, -0.25) is 9.78 Å². The molecule has 0 saturated carbocycles. The van der Waals surface area contributed by atoms with Crippen LogP contribution in [0.25, 0.3) is 0 Å². The first-order chi connectivity index (χ1) is 17.7. The molecule has 5 rings (SSSR count). The van der Waals surface area contributed by atoms with Crippen LogP contribution in [0.15, 0.2) is 96.5 Å². The molecule has 0 fully saturated rings. The Labute approximate surface area is 207 Å². The molecule has 1 unspecified atom stereocenters. The van der Waals surface area contributed by atoms with Crippen LogP contribution >= 0.6 is 0 Å². The fourth-order valence-electron chi connectivity index (χ4n) is 3.54. The molecular formula is C26H24N8O2. The van der Waals surface area contributed by atoms with Crippen LogP contribution in [0, 0.1) is 0 Å². The summed E-state index contributed by atoms with van der Waals surface area (Å²) in [7, 11) is 0. The smallest absolute Gasteiger partial charge is 0.256 e. The summed E-state index contributed by atoms with van der Waals surface area (Å²) in [5.74, 6) is 2.03. The van der Waals surface area contributed by atoms with Crippen molar-refractivity contribution in [2.45, 2.75) is 12.6 Å².